The second-order valence-corrected chi connectivity index (χ2v) is 6.44. The number of piperidine rings is 1. The van der Waals surface area contributed by atoms with Gasteiger partial charge in [-0.15, -0.1) is 0 Å². The first-order chi connectivity index (χ1) is 12.2. The van der Waals surface area contributed by atoms with Gasteiger partial charge in [-0.05, 0) is 44.5 Å². The molecule has 6 heteroatoms. The van der Waals surface area contributed by atoms with Crippen LogP contribution in [0.15, 0.2) is 24.3 Å². The molecule has 1 fully saturated rings. The van der Waals surface area contributed by atoms with Crippen molar-refractivity contribution in [2.75, 3.05) is 38.2 Å². The number of carbonyl (C=O) groups is 1. The van der Waals surface area contributed by atoms with Crippen molar-refractivity contribution >= 4 is 11.8 Å². The molecule has 1 aliphatic heterocycles. The first kappa shape index (κ1) is 19.5. The molecule has 6 nitrogen and oxygen atoms in total. The van der Waals surface area contributed by atoms with E-state index in [1.54, 1.807) is 6.07 Å². The van der Waals surface area contributed by atoms with Gasteiger partial charge in [-0.3, -0.25) is 5.32 Å². The summed E-state index contributed by atoms with van der Waals surface area (Å²) in [5, 5.41) is 12.7. The molecule has 0 spiro atoms. The average molecular weight is 350 g/mol. The number of hydrogen-bond acceptors (Lipinski definition) is 5. The molecule has 25 heavy (non-hydrogen) atoms. The van der Waals surface area contributed by atoms with Gasteiger partial charge in [0.25, 0.3) is 0 Å². The summed E-state index contributed by atoms with van der Waals surface area (Å²) in [4.78, 5) is 14.2. The Morgan fingerprint density at radius 1 is 1.28 bits per heavy atom. The van der Waals surface area contributed by atoms with E-state index in [0.29, 0.717) is 24.6 Å². The van der Waals surface area contributed by atoms with Crippen LogP contribution in [-0.4, -0.2) is 55.1 Å². The lowest BCUT2D eigenvalue weighted by Gasteiger charge is -2.28. The topological polar surface area (TPSA) is 71.0 Å². The number of anilines is 1. The summed E-state index contributed by atoms with van der Waals surface area (Å²) in [7, 11) is 0. The van der Waals surface area contributed by atoms with E-state index < -0.39 is 12.2 Å². The van der Waals surface area contributed by atoms with E-state index in [1.807, 2.05) is 18.2 Å². The van der Waals surface area contributed by atoms with Crippen molar-refractivity contribution in [3.63, 3.8) is 0 Å². The van der Waals surface area contributed by atoms with Crippen molar-refractivity contribution in [2.45, 2.75) is 45.1 Å². The Morgan fingerprint density at radius 2 is 2.04 bits per heavy atom. The normalized spacial score (nSPS) is 16.2. The molecular formula is C19H30N2O4. The lowest BCUT2D eigenvalue weighted by atomic mass is 10.1. The molecule has 1 unspecified atom stereocenters. The summed E-state index contributed by atoms with van der Waals surface area (Å²) in [6.07, 6.45) is 4.36. The van der Waals surface area contributed by atoms with E-state index in [2.05, 4.69) is 17.1 Å². The van der Waals surface area contributed by atoms with Gasteiger partial charge >= 0.3 is 6.09 Å². The summed E-state index contributed by atoms with van der Waals surface area (Å²) in [6.45, 7) is 5.25. The number of hydrogen-bond donors (Lipinski definition) is 2. The standard InChI is InChI=1S/C19H30N2O4/c1-2-3-13-24-18-10-6-5-9-17(18)20-19(23)25-15-16(22)14-21-11-7-4-8-12-21/h5-6,9-10,16,22H,2-4,7-8,11-15H2,1H3,(H,20,23). The SMILES string of the molecule is CCCCOc1ccccc1NC(=O)OCC(O)CN1CCCCC1. The molecule has 2 rings (SSSR count). The van der Waals surface area contributed by atoms with Crippen LogP contribution < -0.4 is 10.1 Å². The van der Waals surface area contributed by atoms with Crippen LogP contribution in [0.2, 0.25) is 0 Å². The summed E-state index contributed by atoms with van der Waals surface area (Å²) in [5.41, 5.74) is 0.578. The molecule has 1 aromatic carbocycles. The average Bonchev–Trinajstić information content (AvgIpc) is 2.62. The lowest BCUT2D eigenvalue weighted by molar-refractivity contribution is 0.0436. The summed E-state index contributed by atoms with van der Waals surface area (Å²) in [6, 6.07) is 7.27. The number of carbonyl (C=O) groups excluding carboxylic acids is 1. The van der Waals surface area contributed by atoms with Crippen LogP contribution in [0.4, 0.5) is 10.5 Å². The van der Waals surface area contributed by atoms with E-state index in [-0.39, 0.29) is 6.61 Å². The number of likely N-dealkylation sites (tertiary alicyclic amines) is 1. The zero-order valence-corrected chi connectivity index (χ0v) is 15.1. The fourth-order valence-electron chi connectivity index (χ4n) is 2.83. The van der Waals surface area contributed by atoms with Crippen molar-refractivity contribution in [2.24, 2.45) is 0 Å². The third-order valence-corrected chi connectivity index (χ3v) is 4.20. The molecular weight excluding hydrogens is 320 g/mol. The molecule has 1 heterocycles. The van der Waals surface area contributed by atoms with Gasteiger partial charge in [-0.25, -0.2) is 4.79 Å². The minimum atomic E-state index is -0.667. The maximum absolute atomic E-state index is 12.0. The minimum absolute atomic E-state index is 0.0127. The number of nitrogens with zero attached hydrogens (tertiary/aromatic N) is 1. The van der Waals surface area contributed by atoms with Gasteiger partial charge < -0.3 is 19.5 Å². The Labute approximate surface area is 150 Å². The number of rotatable bonds is 9. The second kappa shape index (κ2) is 10.9. The molecule has 2 N–H and O–H groups in total. The van der Waals surface area contributed by atoms with Crippen molar-refractivity contribution in [3.8, 4) is 5.75 Å². The monoisotopic (exact) mass is 350 g/mol. The maximum Gasteiger partial charge on any atom is 0.411 e. The smallest absolute Gasteiger partial charge is 0.411 e. The quantitative estimate of drug-likeness (QED) is 0.669. The minimum Gasteiger partial charge on any atom is -0.491 e. The van der Waals surface area contributed by atoms with Crippen molar-refractivity contribution < 1.29 is 19.4 Å². The van der Waals surface area contributed by atoms with E-state index in [4.69, 9.17) is 9.47 Å². The first-order valence-corrected chi connectivity index (χ1v) is 9.25. The fourth-order valence-corrected chi connectivity index (χ4v) is 2.83. The molecule has 1 aliphatic rings. The fraction of sp³-hybridized carbons (Fsp3) is 0.632. The van der Waals surface area contributed by atoms with Crippen molar-refractivity contribution in [1.29, 1.82) is 0 Å². The van der Waals surface area contributed by atoms with E-state index in [1.165, 1.54) is 19.3 Å². The number of aliphatic hydroxyl groups is 1. The van der Waals surface area contributed by atoms with Crippen LogP contribution >= 0.6 is 0 Å². The van der Waals surface area contributed by atoms with Crippen LogP contribution in [0.1, 0.15) is 39.0 Å². The van der Waals surface area contributed by atoms with E-state index in [9.17, 15) is 9.90 Å². The van der Waals surface area contributed by atoms with Crippen LogP contribution in [0, 0.1) is 0 Å². The molecule has 0 saturated carbocycles. The molecule has 0 aliphatic carbocycles. The van der Waals surface area contributed by atoms with Crippen LogP contribution in [0.3, 0.4) is 0 Å². The first-order valence-electron chi connectivity index (χ1n) is 9.25. The molecule has 0 radical (unpaired) electrons. The maximum atomic E-state index is 12.0. The van der Waals surface area contributed by atoms with Crippen molar-refractivity contribution in [1.82, 2.24) is 4.90 Å². The molecule has 1 atom stereocenters. The number of nitrogens with one attached hydrogen (secondary N) is 1. The molecule has 1 saturated heterocycles. The molecule has 0 bridgehead atoms. The summed E-state index contributed by atoms with van der Waals surface area (Å²) < 4.78 is 10.8. The Morgan fingerprint density at radius 3 is 2.80 bits per heavy atom. The van der Waals surface area contributed by atoms with Gasteiger partial charge in [0, 0.05) is 6.54 Å². The number of β-amino-alcohol motifs (C(OH)–C–C–N with tert-alkyl or cyclic N) is 1. The predicted octanol–water partition coefficient (Wildman–Crippen LogP) is 3.26. The van der Waals surface area contributed by atoms with Crippen LogP contribution in [-0.2, 0) is 4.74 Å². The highest BCUT2D eigenvalue weighted by atomic mass is 16.6. The largest absolute Gasteiger partial charge is 0.491 e. The van der Waals surface area contributed by atoms with E-state index in [0.717, 1.165) is 25.9 Å². The number of unbranched alkanes of at least 4 members (excludes halogenated alkanes) is 1. The van der Waals surface area contributed by atoms with Gasteiger partial charge in [0.05, 0.1) is 12.3 Å². The molecule has 1 aromatic rings. The Kier molecular flexibility index (Phi) is 8.55. The number of para-hydroxylation sites is 2. The Balaban J connectivity index is 1.74. The highest BCUT2D eigenvalue weighted by molar-refractivity contribution is 5.86. The number of benzene rings is 1. The third-order valence-electron chi connectivity index (χ3n) is 4.20. The zero-order valence-electron chi connectivity index (χ0n) is 15.1. The van der Waals surface area contributed by atoms with Crippen LogP contribution in [0.5, 0.6) is 5.75 Å². The number of aliphatic hydroxyl groups excluding tert-OH is 1. The molecule has 140 valence electrons. The lowest BCUT2D eigenvalue weighted by Crippen LogP contribution is -2.38. The highest BCUT2D eigenvalue weighted by Crippen LogP contribution is 2.24. The molecule has 1 amide bonds. The number of ether oxygens (including phenoxy) is 2. The Hall–Kier alpha value is -1.79. The van der Waals surface area contributed by atoms with Crippen molar-refractivity contribution in [3.05, 3.63) is 24.3 Å². The highest BCUT2D eigenvalue weighted by Gasteiger charge is 2.16. The molecule has 0 aromatic heterocycles. The van der Waals surface area contributed by atoms with Gasteiger partial charge in [0.15, 0.2) is 0 Å². The Bertz CT molecular complexity index is 518. The second-order valence-electron chi connectivity index (χ2n) is 6.44. The van der Waals surface area contributed by atoms with Crippen LogP contribution in [0.25, 0.3) is 0 Å². The van der Waals surface area contributed by atoms with E-state index >= 15 is 0 Å². The van der Waals surface area contributed by atoms with Gasteiger partial charge in [0.1, 0.15) is 18.5 Å². The van der Waals surface area contributed by atoms with Gasteiger partial charge in [0.2, 0.25) is 0 Å². The predicted molar refractivity (Wildman–Crippen MR) is 98.1 cm³/mol. The number of amides is 1. The van der Waals surface area contributed by atoms with Gasteiger partial charge in [-0.1, -0.05) is 31.9 Å². The third kappa shape index (κ3) is 7.32. The zero-order chi connectivity index (χ0) is 17.9. The summed E-state index contributed by atoms with van der Waals surface area (Å²) in [5.74, 6) is 0.627. The summed E-state index contributed by atoms with van der Waals surface area (Å²) >= 11 is 0. The van der Waals surface area contributed by atoms with Gasteiger partial charge in [-0.2, -0.15) is 0 Å².